The van der Waals surface area contributed by atoms with E-state index in [9.17, 15) is 4.79 Å². The van der Waals surface area contributed by atoms with Gasteiger partial charge in [0.2, 0.25) is 5.91 Å². The highest BCUT2D eigenvalue weighted by atomic mass is 79.9. The number of rotatable bonds is 4. The van der Waals surface area contributed by atoms with E-state index in [4.69, 9.17) is 5.73 Å². The van der Waals surface area contributed by atoms with Gasteiger partial charge in [0.1, 0.15) is 0 Å². The predicted octanol–water partition coefficient (Wildman–Crippen LogP) is 1.67. The van der Waals surface area contributed by atoms with E-state index >= 15 is 0 Å². The number of hydrogen-bond acceptors (Lipinski definition) is 3. The molecule has 1 aliphatic rings. The molecule has 1 heterocycles. The lowest BCUT2D eigenvalue weighted by Crippen LogP contribution is -2.32. The standard InChI is InChI=1S/C13H18BrN3O/c14-11-2-1-3-12(6-11)16-13(18)9-17-5-4-10(7-15)8-17/h1-3,6,10H,4-5,7-9,15H2,(H,16,18). The Morgan fingerprint density at radius 3 is 3.06 bits per heavy atom. The molecular formula is C13H18BrN3O. The van der Waals surface area contributed by atoms with E-state index in [0.29, 0.717) is 19.0 Å². The SMILES string of the molecule is NCC1CCN(CC(=O)Nc2cccc(Br)c2)C1. The molecule has 0 spiro atoms. The van der Waals surface area contributed by atoms with Gasteiger partial charge in [-0.15, -0.1) is 0 Å². The number of hydrogen-bond donors (Lipinski definition) is 2. The average molecular weight is 312 g/mol. The van der Waals surface area contributed by atoms with Gasteiger partial charge in [-0.1, -0.05) is 22.0 Å². The minimum atomic E-state index is 0.0331. The van der Waals surface area contributed by atoms with Gasteiger partial charge in [0.05, 0.1) is 6.54 Å². The van der Waals surface area contributed by atoms with Gasteiger partial charge < -0.3 is 11.1 Å². The van der Waals surface area contributed by atoms with Gasteiger partial charge >= 0.3 is 0 Å². The number of nitrogens with one attached hydrogen (secondary N) is 1. The smallest absolute Gasteiger partial charge is 0.238 e. The second-order valence-electron chi connectivity index (χ2n) is 4.68. The summed E-state index contributed by atoms with van der Waals surface area (Å²) >= 11 is 3.38. The summed E-state index contributed by atoms with van der Waals surface area (Å²) in [5.41, 5.74) is 6.46. The number of halogens is 1. The van der Waals surface area contributed by atoms with Crippen molar-refractivity contribution >= 4 is 27.5 Å². The van der Waals surface area contributed by atoms with Crippen LogP contribution in [0.4, 0.5) is 5.69 Å². The number of nitrogens with two attached hydrogens (primary N) is 1. The average Bonchev–Trinajstić information content (AvgIpc) is 2.76. The molecule has 4 nitrogen and oxygen atoms in total. The molecule has 2 rings (SSSR count). The van der Waals surface area contributed by atoms with Crippen molar-refractivity contribution in [3.8, 4) is 0 Å². The number of carbonyl (C=O) groups excluding carboxylic acids is 1. The first kappa shape index (κ1) is 13.5. The van der Waals surface area contributed by atoms with E-state index in [0.717, 1.165) is 29.7 Å². The Bertz CT molecular complexity index is 424. The van der Waals surface area contributed by atoms with Crippen LogP contribution in [0, 0.1) is 5.92 Å². The molecule has 98 valence electrons. The van der Waals surface area contributed by atoms with Gasteiger partial charge in [-0.2, -0.15) is 0 Å². The van der Waals surface area contributed by atoms with Crippen molar-refractivity contribution in [2.24, 2.45) is 11.7 Å². The van der Waals surface area contributed by atoms with E-state index in [-0.39, 0.29) is 5.91 Å². The van der Waals surface area contributed by atoms with E-state index in [1.54, 1.807) is 0 Å². The van der Waals surface area contributed by atoms with Gasteiger partial charge in [-0.25, -0.2) is 0 Å². The third-order valence-electron chi connectivity index (χ3n) is 3.18. The summed E-state index contributed by atoms with van der Waals surface area (Å²) in [6.07, 6.45) is 1.10. The molecule has 0 bridgehead atoms. The highest BCUT2D eigenvalue weighted by molar-refractivity contribution is 9.10. The lowest BCUT2D eigenvalue weighted by Gasteiger charge is -2.15. The van der Waals surface area contributed by atoms with Crippen LogP contribution < -0.4 is 11.1 Å². The fourth-order valence-corrected chi connectivity index (χ4v) is 2.62. The van der Waals surface area contributed by atoms with Gasteiger partial charge in [0.15, 0.2) is 0 Å². The first-order valence-corrected chi connectivity index (χ1v) is 6.94. The van der Waals surface area contributed by atoms with Crippen molar-refractivity contribution in [3.05, 3.63) is 28.7 Å². The summed E-state index contributed by atoms with van der Waals surface area (Å²) in [6, 6.07) is 7.61. The van der Waals surface area contributed by atoms with Crippen LogP contribution in [0.2, 0.25) is 0 Å². The Morgan fingerprint density at radius 2 is 2.39 bits per heavy atom. The van der Waals surface area contributed by atoms with Crippen molar-refractivity contribution in [1.82, 2.24) is 4.90 Å². The van der Waals surface area contributed by atoms with Crippen molar-refractivity contribution in [3.63, 3.8) is 0 Å². The van der Waals surface area contributed by atoms with Crippen molar-refractivity contribution in [2.75, 3.05) is 31.5 Å². The topological polar surface area (TPSA) is 58.4 Å². The minimum Gasteiger partial charge on any atom is -0.330 e. The zero-order valence-electron chi connectivity index (χ0n) is 10.2. The molecule has 1 atom stereocenters. The molecule has 1 unspecified atom stereocenters. The first-order chi connectivity index (χ1) is 8.67. The summed E-state index contributed by atoms with van der Waals surface area (Å²) in [7, 11) is 0. The van der Waals surface area contributed by atoms with Gasteiger partial charge in [0.25, 0.3) is 0 Å². The number of benzene rings is 1. The highest BCUT2D eigenvalue weighted by Crippen LogP contribution is 2.17. The fourth-order valence-electron chi connectivity index (χ4n) is 2.22. The zero-order chi connectivity index (χ0) is 13.0. The van der Waals surface area contributed by atoms with Crippen LogP contribution in [-0.4, -0.2) is 37.0 Å². The highest BCUT2D eigenvalue weighted by Gasteiger charge is 2.22. The normalized spacial score (nSPS) is 20.0. The fraction of sp³-hybridized carbons (Fsp3) is 0.462. The summed E-state index contributed by atoms with van der Waals surface area (Å²) in [5, 5.41) is 2.90. The third-order valence-corrected chi connectivity index (χ3v) is 3.67. The van der Waals surface area contributed by atoms with E-state index in [1.807, 2.05) is 24.3 Å². The third kappa shape index (κ3) is 3.80. The van der Waals surface area contributed by atoms with Crippen LogP contribution in [0.25, 0.3) is 0 Å². The Kier molecular flexibility index (Phi) is 4.74. The van der Waals surface area contributed by atoms with Crippen LogP contribution in [0.5, 0.6) is 0 Å². The van der Waals surface area contributed by atoms with Gasteiger partial charge in [-0.3, -0.25) is 9.69 Å². The molecule has 0 aromatic heterocycles. The molecule has 0 radical (unpaired) electrons. The number of carbonyl (C=O) groups is 1. The molecule has 3 N–H and O–H groups in total. The molecule has 1 amide bonds. The monoisotopic (exact) mass is 311 g/mol. The molecule has 1 aromatic rings. The molecule has 1 aromatic carbocycles. The quantitative estimate of drug-likeness (QED) is 0.889. The lowest BCUT2D eigenvalue weighted by atomic mass is 10.1. The maximum Gasteiger partial charge on any atom is 0.238 e. The maximum absolute atomic E-state index is 11.9. The number of anilines is 1. The maximum atomic E-state index is 11.9. The molecule has 1 aliphatic heterocycles. The number of likely N-dealkylation sites (tertiary alicyclic amines) is 1. The van der Waals surface area contributed by atoms with E-state index in [1.165, 1.54) is 0 Å². The molecule has 5 heteroatoms. The van der Waals surface area contributed by atoms with E-state index in [2.05, 4.69) is 26.1 Å². The van der Waals surface area contributed by atoms with Crippen LogP contribution in [0.1, 0.15) is 6.42 Å². The molecule has 1 saturated heterocycles. The Morgan fingerprint density at radius 1 is 1.56 bits per heavy atom. The molecule has 18 heavy (non-hydrogen) atoms. The summed E-state index contributed by atoms with van der Waals surface area (Å²) in [6.45, 7) is 3.06. The Hall–Kier alpha value is -0.910. The van der Waals surface area contributed by atoms with Gasteiger partial charge in [0, 0.05) is 16.7 Å². The van der Waals surface area contributed by atoms with Gasteiger partial charge in [-0.05, 0) is 43.6 Å². The zero-order valence-corrected chi connectivity index (χ0v) is 11.8. The van der Waals surface area contributed by atoms with Crippen molar-refractivity contribution < 1.29 is 4.79 Å². The van der Waals surface area contributed by atoms with Crippen LogP contribution in [0.15, 0.2) is 28.7 Å². The largest absolute Gasteiger partial charge is 0.330 e. The Balaban J connectivity index is 1.82. The van der Waals surface area contributed by atoms with E-state index < -0.39 is 0 Å². The number of amides is 1. The summed E-state index contributed by atoms with van der Waals surface area (Å²) in [5.74, 6) is 0.578. The molecule has 0 saturated carbocycles. The summed E-state index contributed by atoms with van der Waals surface area (Å²) < 4.78 is 0.963. The molecule has 1 fully saturated rings. The predicted molar refractivity (Wildman–Crippen MR) is 76.4 cm³/mol. The molecule has 0 aliphatic carbocycles. The van der Waals surface area contributed by atoms with Crippen LogP contribution in [-0.2, 0) is 4.79 Å². The summed E-state index contributed by atoms with van der Waals surface area (Å²) in [4.78, 5) is 14.0. The Labute approximate surface area is 116 Å². The van der Waals surface area contributed by atoms with Crippen LogP contribution >= 0.6 is 15.9 Å². The van der Waals surface area contributed by atoms with Crippen molar-refractivity contribution in [2.45, 2.75) is 6.42 Å². The minimum absolute atomic E-state index is 0.0331. The lowest BCUT2D eigenvalue weighted by molar-refractivity contribution is -0.117. The second-order valence-corrected chi connectivity index (χ2v) is 5.60. The first-order valence-electron chi connectivity index (χ1n) is 6.15. The number of nitrogens with zero attached hydrogens (tertiary/aromatic N) is 1. The molecular weight excluding hydrogens is 294 g/mol. The van der Waals surface area contributed by atoms with Crippen molar-refractivity contribution in [1.29, 1.82) is 0 Å². The second kappa shape index (κ2) is 6.31. The van der Waals surface area contributed by atoms with Crippen LogP contribution in [0.3, 0.4) is 0 Å².